The standard InChI is InChI=1S/C21H19N5O5S/c1-24-21(30)17-15(18(27)23-24)22-13-5-2-4-12(16(13)31-17)19(28)25-7-9-26(10-8-25)20(29)14-6-3-11-32-14/h2-6,11,22H,7-10H2,1H3,(H,23,27). The van der Waals surface area contributed by atoms with E-state index in [0.29, 0.717) is 36.7 Å². The summed E-state index contributed by atoms with van der Waals surface area (Å²) < 4.78 is 6.82. The molecular weight excluding hydrogens is 434 g/mol. The second-order valence-electron chi connectivity index (χ2n) is 7.48. The number of aromatic amines is 1. The molecule has 4 heterocycles. The fourth-order valence-electron chi connectivity index (χ4n) is 3.82. The van der Waals surface area contributed by atoms with Gasteiger partial charge >= 0.3 is 5.56 Å². The highest BCUT2D eigenvalue weighted by molar-refractivity contribution is 7.12. The van der Waals surface area contributed by atoms with Gasteiger partial charge in [0.1, 0.15) is 0 Å². The Morgan fingerprint density at radius 3 is 2.38 bits per heavy atom. The van der Waals surface area contributed by atoms with Gasteiger partial charge in [0.15, 0.2) is 11.4 Å². The van der Waals surface area contributed by atoms with E-state index in [9.17, 15) is 19.2 Å². The fourth-order valence-corrected chi connectivity index (χ4v) is 4.51. The third-order valence-corrected chi connectivity index (χ3v) is 6.38. The molecule has 0 spiro atoms. The lowest BCUT2D eigenvalue weighted by molar-refractivity contribution is 0.0536. The molecule has 5 rings (SSSR count). The Kier molecular flexibility index (Phi) is 4.82. The number of carbonyl (C=O) groups is 2. The number of nitrogens with one attached hydrogen (secondary N) is 2. The highest BCUT2D eigenvalue weighted by Gasteiger charge is 2.31. The predicted octanol–water partition coefficient (Wildman–Crippen LogP) is 1.58. The van der Waals surface area contributed by atoms with Gasteiger partial charge in [-0.05, 0) is 23.6 Å². The minimum Gasteiger partial charge on any atom is -0.446 e. The summed E-state index contributed by atoms with van der Waals surface area (Å²) in [6, 6.07) is 8.60. The van der Waals surface area contributed by atoms with E-state index in [1.807, 2.05) is 11.4 Å². The number of fused-ring (bicyclic) bond motifs is 2. The molecule has 1 fully saturated rings. The lowest BCUT2D eigenvalue weighted by Crippen LogP contribution is -2.50. The van der Waals surface area contributed by atoms with Gasteiger partial charge in [0.2, 0.25) is 5.75 Å². The first kappa shape index (κ1) is 20.1. The summed E-state index contributed by atoms with van der Waals surface area (Å²) in [6.45, 7) is 1.61. The number of thiophene rings is 1. The lowest BCUT2D eigenvalue weighted by atomic mass is 10.1. The molecular formula is C21H19N5O5S. The summed E-state index contributed by atoms with van der Waals surface area (Å²) in [5.41, 5.74) is -0.322. The number of para-hydroxylation sites is 1. The average molecular weight is 453 g/mol. The van der Waals surface area contributed by atoms with Crippen LogP contribution in [-0.2, 0) is 7.05 Å². The number of anilines is 2. The first-order chi connectivity index (χ1) is 15.4. The van der Waals surface area contributed by atoms with Crippen molar-refractivity contribution in [3.63, 3.8) is 0 Å². The van der Waals surface area contributed by atoms with Crippen LogP contribution in [0, 0.1) is 0 Å². The van der Waals surface area contributed by atoms with Crippen molar-refractivity contribution in [2.24, 2.45) is 7.05 Å². The van der Waals surface area contributed by atoms with Crippen molar-refractivity contribution in [3.05, 3.63) is 66.9 Å². The molecule has 1 aromatic carbocycles. The van der Waals surface area contributed by atoms with Crippen LogP contribution in [0.4, 0.5) is 11.4 Å². The van der Waals surface area contributed by atoms with Gasteiger partial charge in [0.25, 0.3) is 17.4 Å². The molecule has 3 aromatic rings. The van der Waals surface area contributed by atoms with Crippen LogP contribution >= 0.6 is 11.3 Å². The topological polar surface area (TPSA) is 117 Å². The van der Waals surface area contributed by atoms with E-state index in [0.717, 1.165) is 4.68 Å². The minimum absolute atomic E-state index is 0.00547. The smallest absolute Gasteiger partial charge is 0.310 e. The highest BCUT2D eigenvalue weighted by atomic mass is 32.1. The molecule has 0 saturated carbocycles. The second-order valence-corrected chi connectivity index (χ2v) is 8.43. The SMILES string of the molecule is Cn1[nH]c(=O)c2c(c1=O)Oc1c(cccc1C(=O)N1CCN(C(=O)c3cccs3)CC1)N2. The molecule has 0 aliphatic carbocycles. The number of amides is 2. The third kappa shape index (κ3) is 3.26. The Labute approximate surface area is 185 Å². The van der Waals surface area contributed by atoms with Crippen LogP contribution in [-0.4, -0.2) is 57.6 Å². The number of piperazine rings is 1. The summed E-state index contributed by atoms with van der Waals surface area (Å²) in [5, 5.41) is 7.18. The van der Waals surface area contributed by atoms with Crippen molar-refractivity contribution in [3.8, 4) is 11.5 Å². The van der Waals surface area contributed by atoms with Crippen LogP contribution in [0.25, 0.3) is 0 Å². The fraction of sp³-hybridized carbons (Fsp3) is 0.238. The normalized spacial score (nSPS) is 14.8. The maximum Gasteiger partial charge on any atom is 0.310 e. The summed E-state index contributed by atoms with van der Waals surface area (Å²) >= 11 is 1.39. The number of ether oxygens (including phenoxy) is 1. The molecule has 2 aromatic heterocycles. The Balaban J connectivity index is 1.38. The monoisotopic (exact) mass is 453 g/mol. The maximum absolute atomic E-state index is 13.3. The molecule has 11 heteroatoms. The van der Waals surface area contributed by atoms with Crippen LogP contribution in [0.5, 0.6) is 11.5 Å². The number of hydrogen-bond donors (Lipinski definition) is 2. The number of hydrogen-bond acceptors (Lipinski definition) is 7. The van der Waals surface area contributed by atoms with Crippen molar-refractivity contribution in [2.75, 3.05) is 31.5 Å². The van der Waals surface area contributed by atoms with Crippen molar-refractivity contribution < 1.29 is 14.3 Å². The number of aryl methyl sites for hydroxylation is 1. The summed E-state index contributed by atoms with van der Waals surface area (Å²) in [4.78, 5) is 54.6. The van der Waals surface area contributed by atoms with Crippen molar-refractivity contribution in [1.82, 2.24) is 19.6 Å². The van der Waals surface area contributed by atoms with Gasteiger partial charge in [-0.3, -0.25) is 29.0 Å². The van der Waals surface area contributed by atoms with E-state index in [1.165, 1.54) is 18.4 Å². The number of carbonyl (C=O) groups excluding carboxylic acids is 2. The van der Waals surface area contributed by atoms with Gasteiger partial charge in [-0.25, -0.2) is 0 Å². The molecule has 0 radical (unpaired) electrons. The van der Waals surface area contributed by atoms with Crippen LogP contribution < -0.4 is 21.2 Å². The predicted molar refractivity (Wildman–Crippen MR) is 118 cm³/mol. The second kappa shape index (κ2) is 7.68. The molecule has 10 nitrogen and oxygen atoms in total. The first-order valence-electron chi connectivity index (χ1n) is 9.97. The van der Waals surface area contributed by atoms with Crippen LogP contribution in [0.2, 0.25) is 0 Å². The third-order valence-electron chi connectivity index (χ3n) is 5.52. The molecule has 2 aliphatic rings. The van der Waals surface area contributed by atoms with E-state index < -0.39 is 11.1 Å². The molecule has 164 valence electrons. The van der Waals surface area contributed by atoms with Crippen molar-refractivity contribution >= 4 is 34.5 Å². The van der Waals surface area contributed by atoms with Crippen LogP contribution in [0.1, 0.15) is 20.0 Å². The van der Waals surface area contributed by atoms with E-state index in [2.05, 4.69) is 10.4 Å². The molecule has 0 atom stereocenters. The Morgan fingerprint density at radius 2 is 1.69 bits per heavy atom. The number of benzene rings is 1. The largest absolute Gasteiger partial charge is 0.446 e. The van der Waals surface area contributed by atoms with Gasteiger partial charge in [0.05, 0.1) is 16.1 Å². The molecule has 2 amide bonds. The number of aromatic nitrogens is 2. The molecule has 0 bridgehead atoms. The zero-order valence-electron chi connectivity index (χ0n) is 17.1. The Morgan fingerprint density at radius 1 is 0.969 bits per heavy atom. The average Bonchev–Trinajstić information content (AvgIpc) is 3.35. The van der Waals surface area contributed by atoms with Gasteiger partial charge in [-0.1, -0.05) is 12.1 Å². The highest BCUT2D eigenvalue weighted by Crippen LogP contribution is 2.40. The molecule has 2 aliphatic heterocycles. The van der Waals surface area contributed by atoms with Gasteiger partial charge in [0, 0.05) is 33.2 Å². The number of H-pyrrole nitrogens is 1. The van der Waals surface area contributed by atoms with E-state index >= 15 is 0 Å². The van der Waals surface area contributed by atoms with Gasteiger partial charge < -0.3 is 19.9 Å². The van der Waals surface area contributed by atoms with E-state index in [1.54, 1.807) is 34.1 Å². The minimum atomic E-state index is -0.527. The van der Waals surface area contributed by atoms with Crippen molar-refractivity contribution in [1.29, 1.82) is 0 Å². The van der Waals surface area contributed by atoms with Crippen LogP contribution in [0.15, 0.2) is 45.3 Å². The molecule has 2 N–H and O–H groups in total. The zero-order valence-corrected chi connectivity index (χ0v) is 17.9. The van der Waals surface area contributed by atoms with Crippen LogP contribution in [0.3, 0.4) is 0 Å². The summed E-state index contributed by atoms with van der Waals surface area (Å²) in [7, 11) is 1.41. The molecule has 32 heavy (non-hydrogen) atoms. The summed E-state index contributed by atoms with van der Waals surface area (Å²) in [5.74, 6) is -0.258. The van der Waals surface area contributed by atoms with E-state index in [-0.39, 0.29) is 34.6 Å². The summed E-state index contributed by atoms with van der Waals surface area (Å²) in [6.07, 6.45) is 0. The number of nitrogens with zero attached hydrogens (tertiary/aromatic N) is 3. The first-order valence-corrected chi connectivity index (χ1v) is 10.9. The van der Waals surface area contributed by atoms with Crippen molar-refractivity contribution in [2.45, 2.75) is 0 Å². The van der Waals surface area contributed by atoms with E-state index in [4.69, 9.17) is 4.74 Å². The molecule has 1 saturated heterocycles. The quantitative estimate of drug-likeness (QED) is 0.476. The molecule has 0 unspecified atom stereocenters. The Hall–Kier alpha value is -3.86. The zero-order chi connectivity index (χ0) is 22.4. The Bertz CT molecular complexity index is 1340. The maximum atomic E-state index is 13.3. The lowest BCUT2D eigenvalue weighted by Gasteiger charge is -2.35. The number of rotatable bonds is 2. The van der Waals surface area contributed by atoms with Gasteiger partial charge in [-0.15, -0.1) is 11.3 Å². The van der Waals surface area contributed by atoms with Gasteiger partial charge in [-0.2, -0.15) is 0 Å².